The molecule has 0 saturated carbocycles. The van der Waals surface area contributed by atoms with Gasteiger partial charge in [-0.15, -0.1) is 10.2 Å². The van der Waals surface area contributed by atoms with Gasteiger partial charge in [-0.1, -0.05) is 30.8 Å². The monoisotopic (exact) mass is 372 g/mol. The number of hydrogen-bond acceptors (Lipinski definition) is 6. The van der Waals surface area contributed by atoms with E-state index in [1.807, 2.05) is 73.2 Å². The molecule has 0 radical (unpaired) electrons. The van der Waals surface area contributed by atoms with E-state index in [1.165, 1.54) is 0 Å². The Hall–Kier alpha value is -3.74. The van der Waals surface area contributed by atoms with Gasteiger partial charge in [0.2, 0.25) is 0 Å². The first-order chi connectivity index (χ1) is 13.5. The Morgan fingerprint density at radius 1 is 1.00 bits per heavy atom. The standard InChI is InChI=1S/C21H20N6O/c1-14(26(2)3)15-7-9-16(10-8-15)17-12-22-13-18(23-17)20-24-25-21(28-20)19-6-5-11-27(19)4/h5-13H,1H2,2-4H3. The Kier molecular flexibility index (Phi) is 4.49. The second-order valence-corrected chi connectivity index (χ2v) is 6.62. The van der Waals surface area contributed by atoms with Crippen LogP contribution in [0.25, 0.3) is 40.1 Å². The molecule has 0 fully saturated rings. The molecule has 1 aromatic carbocycles. The summed E-state index contributed by atoms with van der Waals surface area (Å²) in [5.41, 5.74) is 5.07. The Labute approximate surface area is 163 Å². The number of rotatable bonds is 5. The number of hydrogen-bond donors (Lipinski definition) is 0. The summed E-state index contributed by atoms with van der Waals surface area (Å²) < 4.78 is 7.72. The van der Waals surface area contributed by atoms with Crippen LogP contribution < -0.4 is 0 Å². The zero-order valence-corrected chi connectivity index (χ0v) is 16.0. The summed E-state index contributed by atoms with van der Waals surface area (Å²) in [4.78, 5) is 10.9. The lowest BCUT2D eigenvalue weighted by molar-refractivity contribution is 0.576. The third kappa shape index (κ3) is 3.29. The van der Waals surface area contributed by atoms with Crippen LogP contribution >= 0.6 is 0 Å². The van der Waals surface area contributed by atoms with E-state index < -0.39 is 0 Å². The van der Waals surface area contributed by atoms with Crippen molar-refractivity contribution in [3.8, 4) is 34.4 Å². The fraction of sp³-hybridized carbons (Fsp3) is 0.143. The van der Waals surface area contributed by atoms with E-state index in [4.69, 9.17) is 4.42 Å². The Bertz CT molecular complexity index is 1120. The minimum atomic E-state index is 0.336. The molecule has 3 heterocycles. The van der Waals surface area contributed by atoms with Gasteiger partial charge in [-0.2, -0.15) is 0 Å². The van der Waals surface area contributed by atoms with E-state index in [2.05, 4.69) is 26.7 Å². The van der Waals surface area contributed by atoms with Crippen LogP contribution in [0, 0.1) is 0 Å². The molecule has 0 aliphatic rings. The molecular weight excluding hydrogens is 352 g/mol. The van der Waals surface area contributed by atoms with Crippen LogP contribution in [0.5, 0.6) is 0 Å². The van der Waals surface area contributed by atoms with Crippen molar-refractivity contribution in [2.24, 2.45) is 7.05 Å². The zero-order chi connectivity index (χ0) is 19.7. The average molecular weight is 372 g/mol. The highest BCUT2D eigenvalue weighted by Gasteiger charge is 2.14. The maximum absolute atomic E-state index is 5.80. The Balaban J connectivity index is 1.63. The number of benzene rings is 1. The van der Waals surface area contributed by atoms with Crippen LogP contribution in [0.3, 0.4) is 0 Å². The quantitative estimate of drug-likeness (QED) is 0.531. The second-order valence-electron chi connectivity index (χ2n) is 6.62. The van der Waals surface area contributed by atoms with E-state index in [0.717, 1.165) is 28.2 Å². The summed E-state index contributed by atoms with van der Waals surface area (Å²) in [6.07, 6.45) is 5.26. The Morgan fingerprint density at radius 3 is 2.39 bits per heavy atom. The van der Waals surface area contributed by atoms with Gasteiger partial charge in [-0.05, 0) is 17.7 Å². The molecule has 0 spiro atoms. The largest absolute Gasteiger partial charge is 0.413 e. The molecule has 3 aromatic heterocycles. The van der Waals surface area contributed by atoms with Crippen molar-refractivity contribution < 1.29 is 4.42 Å². The summed E-state index contributed by atoms with van der Waals surface area (Å²) in [5.74, 6) is 0.782. The van der Waals surface area contributed by atoms with Gasteiger partial charge in [-0.25, -0.2) is 4.98 Å². The van der Waals surface area contributed by atoms with Crippen molar-refractivity contribution in [3.63, 3.8) is 0 Å². The zero-order valence-electron chi connectivity index (χ0n) is 16.0. The van der Waals surface area contributed by atoms with Gasteiger partial charge in [0.25, 0.3) is 11.8 Å². The van der Waals surface area contributed by atoms with Crippen molar-refractivity contribution >= 4 is 5.70 Å². The highest BCUT2D eigenvalue weighted by atomic mass is 16.4. The normalized spacial score (nSPS) is 10.8. The highest BCUT2D eigenvalue weighted by molar-refractivity contribution is 5.67. The van der Waals surface area contributed by atoms with Gasteiger partial charge in [0, 0.05) is 38.6 Å². The topological polar surface area (TPSA) is 72.9 Å². The smallest absolute Gasteiger partial charge is 0.268 e. The first-order valence-corrected chi connectivity index (χ1v) is 8.77. The molecule has 0 unspecified atom stereocenters. The molecule has 0 saturated heterocycles. The van der Waals surface area contributed by atoms with Gasteiger partial charge in [0.05, 0.1) is 18.1 Å². The first-order valence-electron chi connectivity index (χ1n) is 8.77. The molecule has 140 valence electrons. The van der Waals surface area contributed by atoms with E-state index in [-0.39, 0.29) is 0 Å². The maximum atomic E-state index is 5.80. The molecule has 0 N–H and O–H groups in total. The van der Waals surface area contributed by atoms with Gasteiger partial charge >= 0.3 is 0 Å². The van der Waals surface area contributed by atoms with Crippen LogP contribution in [-0.4, -0.2) is 43.7 Å². The van der Waals surface area contributed by atoms with Gasteiger partial charge in [0.15, 0.2) is 0 Å². The number of aromatic nitrogens is 5. The van der Waals surface area contributed by atoms with Crippen LogP contribution in [0.4, 0.5) is 0 Å². The summed E-state index contributed by atoms with van der Waals surface area (Å²) >= 11 is 0. The third-order valence-electron chi connectivity index (χ3n) is 4.50. The molecule has 7 heteroatoms. The fourth-order valence-electron chi connectivity index (χ4n) is 2.81. The van der Waals surface area contributed by atoms with Gasteiger partial charge in [0.1, 0.15) is 11.4 Å². The average Bonchev–Trinajstić information content (AvgIpc) is 3.36. The van der Waals surface area contributed by atoms with Crippen molar-refractivity contribution in [1.82, 2.24) is 29.6 Å². The van der Waals surface area contributed by atoms with Crippen LogP contribution in [0.1, 0.15) is 5.56 Å². The van der Waals surface area contributed by atoms with Crippen molar-refractivity contribution in [2.75, 3.05) is 14.1 Å². The summed E-state index contributed by atoms with van der Waals surface area (Å²) in [6.45, 7) is 4.08. The van der Waals surface area contributed by atoms with E-state index in [9.17, 15) is 0 Å². The van der Waals surface area contributed by atoms with Crippen molar-refractivity contribution in [1.29, 1.82) is 0 Å². The molecule has 0 bridgehead atoms. The highest BCUT2D eigenvalue weighted by Crippen LogP contribution is 2.25. The molecule has 0 atom stereocenters. The summed E-state index contributed by atoms with van der Waals surface area (Å²) in [5, 5.41) is 8.25. The predicted molar refractivity (Wildman–Crippen MR) is 108 cm³/mol. The minimum Gasteiger partial charge on any atom is -0.413 e. The maximum Gasteiger partial charge on any atom is 0.268 e. The van der Waals surface area contributed by atoms with Crippen LogP contribution in [0.15, 0.2) is 66.0 Å². The molecule has 28 heavy (non-hydrogen) atoms. The molecule has 4 aromatic rings. The van der Waals surface area contributed by atoms with E-state index in [1.54, 1.807) is 12.4 Å². The van der Waals surface area contributed by atoms with Gasteiger partial charge < -0.3 is 13.9 Å². The Morgan fingerprint density at radius 2 is 1.71 bits per heavy atom. The summed E-state index contributed by atoms with van der Waals surface area (Å²) in [7, 11) is 5.87. The lowest BCUT2D eigenvalue weighted by atomic mass is 10.1. The fourth-order valence-corrected chi connectivity index (χ4v) is 2.81. The van der Waals surface area contributed by atoms with Gasteiger partial charge in [-0.3, -0.25) is 4.98 Å². The van der Waals surface area contributed by atoms with Crippen LogP contribution in [-0.2, 0) is 7.05 Å². The number of nitrogens with zero attached hydrogens (tertiary/aromatic N) is 6. The molecule has 0 amide bonds. The second kappa shape index (κ2) is 7.11. The minimum absolute atomic E-state index is 0.336. The number of aryl methyl sites for hydroxylation is 1. The lowest BCUT2D eigenvalue weighted by Crippen LogP contribution is -2.08. The molecular formula is C21H20N6O. The summed E-state index contributed by atoms with van der Waals surface area (Å²) in [6, 6.07) is 11.9. The molecule has 7 nitrogen and oxygen atoms in total. The SMILES string of the molecule is C=C(c1ccc(-c2cncc(-c3nnc(-c4cccn4C)o3)n2)cc1)N(C)C. The third-order valence-corrected chi connectivity index (χ3v) is 4.50. The van der Waals surface area contributed by atoms with Crippen molar-refractivity contribution in [3.05, 3.63) is 67.1 Å². The lowest BCUT2D eigenvalue weighted by Gasteiger charge is -2.15. The first kappa shape index (κ1) is 17.7. The van der Waals surface area contributed by atoms with Crippen molar-refractivity contribution in [2.45, 2.75) is 0 Å². The van der Waals surface area contributed by atoms with Crippen LogP contribution in [0.2, 0.25) is 0 Å². The molecule has 4 rings (SSSR count). The molecule has 0 aliphatic carbocycles. The molecule has 0 aliphatic heterocycles. The van der Waals surface area contributed by atoms with E-state index in [0.29, 0.717) is 17.5 Å². The van der Waals surface area contributed by atoms with E-state index >= 15 is 0 Å². The predicted octanol–water partition coefficient (Wildman–Crippen LogP) is 3.73.